The minimum Gasteiger partial charge on any atom is -0.496 e. The fraction of sp³-hybridized carbons (Fsp3) is 0.250. The van der Waals surface area contributed by atoms with Gasteiger partial charge in [0.15, 0.2) is 10.8 Å². The molecule has 1 aromatic carbocycles. The largest absolute Gasteiger partial charge is 0.496 e. The van der Waals surface area contributed by atoms with Gasteiger partial charge < -0.3 is 10.1 Å². The van der Waals surface area contributed by atoms with E-state index in [1.165, 1.54) is 17.7 Å². The minimum absolute atomic E-state index is 0.172. The Morgan fingerprint density at radius 1 is 1.38 bits per heavy atom. The molecule has 0 spiro atoms. The maximum Gasteiger partial charge on any atom is 0.263 e. The van der Waals surface area contributed by atoms with Crippen molar-refractivity contribution in [2.24, 2.45) is 0 Å². The van der Waals surface area contributed by atoms with E-state index in [-0.39, 0.29) is 11.9 Å². The molecule has 0 aliphatic rings. The molecule has 1 amide bonds. The lowest BCUT2D eigenvalue weighted by Crippen LogP contribution is -2.26. The van der Waals surface area contributed by atoms with Gasteiger partial charge in [0.1, 0.15) is 17.0 Å². The number of methoxy groups -OCH3 is 1. The highest BCUT2D eigenvalue weighted by atomic mass is 32.1. The van der Waals surface area contributed by atoms with E-state index >= 15 is 0 Å². The molecule has 124 valence electrons. The SMILES string of the molecule is COc1ccccc1[C@H](C)NC(=O)c1sc(-c2ncn[nH]2)nc1C. The molecule has 1 atom stereocenters. The zero-order valence-electron chi connectivity index (χ0n) is 13.5. The number of benzene rings is 1. The van der Waals surface area contributed by atoms with Crippen molar-refractivity contribution < 1.29 is 9.53 Å². The second-order valence-corrected chi connectivity index (χ2v) is 6.20. The zero-order chi connectivity index (χ0) is 17.1. The average molecular weight is 343 g/mol. The quantitative estimate of drug-likeness (QED) is 0.743. The Hall–Kier alpha value is -2.74. The van der Waals surface area contributed by atoms with Gasteiger partial charge in [0, 0.05) is 5.56 Å². The Balaban J connectivity index is 1.80. The van der Waals surface area contributed by atoms with Crippen molar-refractivity contribution in [3.8, 4) is 16.6 Å². The van der Waals surface area contributed by atoms with E-state index in [0.717, 1.165) is 11.3 Å². The minimum atomic E-state index is -0.191. The highest BCUT2D eigenvalue weighted by Crippen LogP contribution is 2.27. The lowest BCUT2D eigenvalue weighted by atomic mass is 10.1. The van der Waals surface area contributed by atoms with Crippen LogP contribution < -0.4 is 10.1 Å². The number of H-pyrrole nitrogens is 1. The number of nitrogens with one attached hydrogen (secondary N) is 2. The van der Waals surface area contributed by atoms with Gasteiger partial charge in [-0.3, -0.25) is 9.89 Å². The van der Waals surface area contributed by atoms with Gasteiger partial charge in [-0.25, -0.2) is 9.97 Å². The van der Waals surface area contributed by atoms with Crippen LogP contribution in [0.2, 0.25) is 0 Å². The van der Waals surface area contributed by atoms with Crippen LogP contribution in [0.1, 0.15) is 33.9 Å². The third-order valence-corrected chi connectivity index (χ3v) is 4.74. The van der Waals surface area contributed by atoms with E-state index in [1.54, 1.807) is 14.0 Å². The van der Waals surface area contributed by atoms with E-state index in [9.17, 15) is 4.79 Å². The van der Waals surface area contributed by atoms with Crippen molar-refractivity contribution in [2.45, 2.75) is 19.9 Å². The number of para-hydroxylation sites is 1. The normalized spacial score (nSPS) is 12.0. The van der Waals surface area contributed by atoms with Crippen LogP contribution in [0.25, 0.3) is 10.8 Å². The first-order chi connectivity index (χ1) is 11.6. The van der Waals surface area contributed by atoms with Gasteiger partial charge in [-0.1, -0.05) is 18.2 Å². The molecule has 24 heavy (non-hydrogen) atoms. The summed E-state index contributed by atoms with van der Waals surface area (Å²) in [5.41, 5.74) is 1.59. The number of hydrogen-bond acceptors (Lipinski definition) is 6. The third kappa shape index (κ3) is 3.13. The molecule has 2 N–H and O–H groups in total. The first-order valence-corrected chi connectivity index (χ1v) is 8.18. The van der Waals surface area contributed by atoms with Crippen LogP contribution in [0.5, 0.6) is 5.75 Å². The van der Waals surface area contributed by atoms with Crippen LogP contribution in [-0.4, -0.2) is 33.2 Å². The van der Waals surface area contributed by atoms with Crippen molar-refractivity contribution in [2.75, 3.05) is 7.11 Å². The lowest BCUT2D eigenvalue weighted by Gasteiger charge is -2.16. The van der Waals surface area contributed by atoms with E-state index in [4.69, 9.17) is 4.74 Å². The Kier molecular flexibility index (Phi) is 4.57. The van der Waals surface area contributed by atoms with Gasteiger partial charge in [0.25, 0.3) is 5.91 Å². The van der Waals surface area contributed by atoms with Crippen molar-refractivity contribution in [3.05, 3.63) is 46.7 Å². The van der Waals surface area contributed by atoms with Gasteiger partial charge in [0.2, 0.25) is 0 Å². The third-order valence-electron chi connectivity index (χ3n) is 3.57. The molecule has 0 saturated carbocycles. The number of rotatable bonds is 5. The van der Waals surface area contributed by atoms with Gasteiger partial charge in [0.05, 0.1) is 18.8 Å². The van der Waals surface area contributed by atoms with E-state index in [1.807, 2.05) is 31.2 Å². The Bertz CT molecular complexity index is 844. The smallest absolute Gasteiger partial charge is 0.263 e. The maximum atomic E-state index is 12.6. The first kappa shape index (κ1) is 16.1. The summed E-state index contributed by atoms with van der Waals surface area (Å²) in [5, 5.41) is 10.2. The van der Waals surface area contributed by atoms with Gasteiger partial charge in [-0.15, -0.1) is 11.3 Å². The molecule has 2 heterocycles. The van der Waals surface area contributed by atoms with Crippen molar-refractivity contribution in [1.29, 1.82) is 0 Å². The van der Waals surface area contributed by atoms with Crippen LogP contribution in [0.3, 0.4) is 0 Å². The summed E-state index contributed by atoms with van der Waals surface area (Å²) >= 11 is 1.28. The molecular formula is C16H17N5O2S. The molecule has 8 heteroatoms. The fourth-order valence-electron chi connectivity index (χ4n) is 2.38. The maximum absolute atomic E-state index is 12.6. The predicted octanol–water partition coefficient (Wildman–Crippen LogP) is 2.74. The topological polar surface area (TPSA) is 92.8 Å². The van der Waals surface area contributed by atoms with Crippen LogP contribution in [-0.2, 0) is 0 Å². The molecule has 0 fully saturated rings. The fourth-order valence-corrected chi connectivity index (χ4v) is 3.30. The summed E-state index contributed by atoms with van der Waals surface area (Å²) in [5.74, 6) is 1.13. The Morgan fingerprint density at radius 3 is 2.88 bits per heavy atom. The van der Waals surface area contributed by atoms with Gasteiger partial charge >= 0.3 is 0 Å². The number of carbonyl (C=O) groups excluding carboxylic acids is 1. The van der Waals surface area contributed by atoms with E-state index in [2.05, 4.69) is 25.5 Å². The Labute approximate surface area is 143 Å². The molecule has 3 rings (SSSR count). The Morgan fingerprint density at radius 2 is 2.17 bits per heavy atom. The highest BCUT2D eigenvalue weighted by molar-refractivity contribution is 7.17. The predicted molar refractivity (Wildman–Crippen MR) is 91.1 cm³/mol. The average Bonchev–Trinajstić information content (AvgIpc) is 3.24. The van der Waals surface area contributed by atoms with Crippen LogP contribution in [0.4, 0.5) is 0 Å². The summed E-state index contributed by atoms with van der Waals surface area (Å²) in [7, 11) is 1.62. The summed E-state index contributed by atoms with van der Waals surface area (Å²) in [6.07, 6.45) is 1.41. The molecular weight excluding hydrogens is 326 g/mol. The molecule has 7 nitrogen and oxygen atoms in total. The standard InChI is InChI=1S/C16H17N5O2S/c1-9(11-6-4-5-7-12(11)23-3)19-15(22)13-10(2)20-16(24-13)14-17-8-18-21-14/h4-9H,1-3H3,(H,19,22)(H,17,18,21)/t9-/m0/s1. The number of amides is 1. The van der Waals surface area contributed by atoms with Crippen molar-refractivity contribution in [3.63, 3.8) is 0 Å². The number of ether oxygens (including phenoxy) is 1. The van der Waals surface area contributed by atoms with Crippen LogP contribution in [0, 0.1) is 6.92 Å². The second-order valence-electron chi connectivity index (χ2n) is 5.20. The van der Waals surface area contributed by atoms with Crippen molar-refractivity contribution >= 4 is 17.2 Å². The molecule has 3 aromatic rings. The molecule has 0 aliphatic heterocycles. The van der Waals surface area contributed by atoms with Gasteiger partial charge in [-0.2, -0.15) is 5.10 Å². The molecule has 2 aromatic heterocycles. The number of nitrogens with zero attached hydrogens (tertiary/aromatic N) is 3. The van der Waals surface area contributed by atoms with E-state index in [0.29, 0.717) is 21.4 Å². The summed E-state index contributed by atoms with van der Waals surface area (Å²) in [6, 6.07) is 7.43. The molecule has 0 radical (unpaired) electrons. The van der Waals surface area contributed by atoms with E-state index < -0.39 is 0 Å². The number of aromatic nitrogens is 4. The summed E-state index contributed by atoms with van der Waals surface area (Å²) in [4.78, 5) is 21.6. The number of aryl methyl sites for hydroxylation is 1. The number of carbonyl (C=O) groups is 1. The molecule has 0 bridgehead atoms. The van der Waals surface area contributed by atoms with Gasteiger partial charge in [-0.05, 0) is 19.9 Å². The number of hydrogen-bond donors (Lipinski definition) is 2. The van der Waals surface area contributed by atoms with Crippen LogP contribution >= 0.6 is 11.3 Å². The molecule has 0 saturated heterocycles. The molecule has 0 aliphatic carbocycles. The second kappa shape index (κ2) is 6.79. The summed E-state index contributed by atoms with van der Waals surface area (Å²) < 4.78 is 5.35. The zero-order valence-corrected chi connectivity index (χ0v) is 14.3. The molecule has 0 unspecified atom stereocenters. The monoisotopic (exact) mass is 343 g/mol. The summed E-state index contributed by atoms with van der Waals surface area (Å²) in [6.45, 7) is 3.72. The van der Waals surface area contributed by atoms with Crippen LogP contribution in [0.15, 0.2) is 30.6 Å². The highest BCUT2D eigenvalue weighted by Gasteiger charge is 2.20. The first-order valence-electron chi connectivity index (χ1n) is 7.37. The number of aromatic amines is 1. The number of thiazole rings is 1. The lowest BCUT2D eigenvalue weighted by molar-refractivity contribution is 0.0943. The van der Waals surface area contributed by atoms with Crippen molar-refractivity contribution in [1.82, 2.24) is 25.5 Å².